The van der Waals surface area contributed by atoms with E-state index in [-0.39, 0.29) is 12.6 Å². The van der Waals surface area contributed by atoms with Crippen molar-refractivity contribution >= 4 is 38.4 Å². The lowest BCUT2D eigenvalue weighted by atomic mass is 10.0. The molecule has 9 heteroatoms. The van der Waals surface area contributed by atoms with E-state index in [9.17, 15) is 4.79 Å². The minimum absolute atomic E-state index is 0.223. The number of nitrogens with zero attached hydrogens (tertiary/aromatic N) is 5. The second kappa shape index (κ2) is 9.71. The maximum atomic E-state index is 13.3. The number of benzene rings is 2. The number of nitrogens with one attached hydrogen (secondary N) is 1. The highest BCUT2D eigenvalue weighted by Gasteiger charge is 2.17. The molecule has 0 fully saturated rings. The van der Waals surface area contributed by atoms with Gasteiger partial charge in [-0.05, 0) is 50.2 Å². The van der Waals surface area contributed by atoms with Crippen molar-refractivity contribution in [3.63, 3.8) is 0 Å². The summed E-state index contributed by atoms with van der Waals surface area (Å²) in [4.78, 5) is 18.1. The first-order valence-electron chi connectivity index (χ1n) is 11.2. The molecule has 0 aliphatic carbocycles. The molecule has 0 spiro atoms. The minimum Gasteiger partial charge on any atom is -0.471 e. The molecule has 8 nitrogen and oxygen atoms in total. The summed E-state index contributed by atoms with van der Waals surface area (Å²) < 4.78 is 10.3. The summed E-state index contributed by atoms with van der Waals surface area (Å²) in [5, 5.41) is 12.5. The third kappa shape index (κ3) is 4.81. The zero-order valence-corrected chi connectivity index (χ0v) is 20.9. The van der Waals surface area contributed by atoms with Gasteiger partial charge >= 0.3 is 0 Å². The van der Waals surface area contributed by atoms with Gasteiger partial charge in [0.15, 0.2) is 6.73 Å². The van der Waals surface area contributed by atoms with Crippen LogP contribution >= 0.6 is 15.9 Å². The van der Waals surface area contributed by atoms with Gasteiger partial charge in [0.2, 0.25) is 0 Å². The van der Waals surface area contributed by atoms with Gasteiger partial charge < -0.3 is 10.1 Å². The summed E-state index contributed by atoms with van der Waals surface area (Å²) in [5.74, 6) is 0.491. The Labute approximate surface area is 210 Å². The molecular formula is C26H23BrN6O2. The van der Waals surface area contributed by atoms with E-state index in [1.807, 2.05) is 73.1 Å². The van der Waals surface area contributed by atoms with Crippen LogP contribution in [0.5, 0.6) is 5.75 Å². The van der Waals surface area contributed by atoms with E-state index < -0.39 is 0 Å². The Balaban J connectivity index is 1.39. The van der Waals surface area contributed by atoms with E-state index in [4.69, 9.17) is 9.72 Å². The van der Waals surface area contributed by atoms with Crippen molar-refractivity contribution in [2.45, 2.75) is 27.1 Å². The first kappa shape index (κ1) is 22.8. The molecule has 0 aliphatic heterocycles. The summed E-state index contributed by atoms with van der Waals surface area (Å²) >= 11 is 3.41. The zero-order valence-electron chi connectivity index (χ0n) is 19.3. The summed E-state index contributed by atoms with van der Waals surface area (Å²) in [6.45, 7) is 5.04. The number of hydrogen-bond acceptors (Lipinski definition) is 5. The quantitative estimate of drug-likeness (QED) is 0.292. The van der Waals surface area contributed by atoms with Gasteiger partial charge in [-0.2, -0.15) is 10.2 Å². The Kier molecular flexibility index (Phi) is 6.33. The van der Waals surface area contributed by atoms with Gasteiger partial charge in [0.1, 0.15) is 5.75 Å². The molecule has 0 saturated heterocycles. The molecule has 0 atom stereocenters. The summed E-state index contributed by atoms with van der Waals surface area (Å²) in [5.41, 5.74) is 4.49. The lowest BCUT2D eigenvalue weighted by Gasteiger charge is -2.10. The molecule has 0 unspecified atom stereocenters. The van der Waals surface area contributed by atoms with E-state index in [1.54, 1.807) is 23.3 Å². The van der Waals surface area contributed by atoms with Crippen molar-refractivity contribution in [1.29, 1.82) is 0 Å². The number of aryl methyl sites for hydroxylation is 1. The van der Waals surface area contributed by atoms with E-state index in [2.05, 4.69) is 31.4 Å². The third-order valence-electron chi connectivity index (χ3n) is 5.71. The normalized spacial score (nSPS) is 11.1. The number of carbonyl (C=O) groups excluding carboxylic acids is 1. The fraction of sp³-hybridized carbons (Fsp3) is 0.154. The van der Waals surface area contributed by atoms with Crippen LogP contribution in [0, 0.1) is 6.92 Å². The van der Waals surface area contributed by atoms with Crippen LogP contribution in [-0.4, -0.2) is 30.5 Å². The van der Waals surface area contributed by atoms with Gasteiger partial charge in [-0.3, -0.25) is 9.48 Å². The van der Waals surface area contributed by atoms with Gasteiger partial charge in [-0.1, -0.05) is 34.1 Å². The topological polar surface area (TPSA) is 86.9 Å². The molecule has 0 saturated carbocycles. The maximum absolute atomic E-state index is 13.3. The third-order valence-corrected chi connectivity index (χ3v) is 6.24. The molecule has 0 bridgehead atoms. The molecular weight excluding hydrogens is 508 g/mol. The highest BCUT2D eigenvalue weighted by molar-refractivity contribution is 9.10. The lowest BCUT2D eigenvalue weighted by Crippen LogP contribution is -2.13. The van der Waals surface area contributed by atoms with Crippen molar-refractivity contribution in [2.24, 2.45) is 0 Å². The van der Waals surface area contributed by atoms with E-state index >= 15 is 0 Å². The fourth-order valence-corrected chi connectivity index (χ4v) is 4.15. The number of rotatable bonds is 7. The average molecular weight is 531 g/mol. The van der Waals surface area contributed by atoms with E-state index in [0.717, 1.165) is 38.9 Å². The van der Waals surface area contributed by atoms with Crippen LogP contribution in [0.25, 0.3) is 22.2 Å². The molecule has 0 aliphatic rings. The van der Waals surface area contributed by atoms with Crippen molar-refractivity contribution < 1.29 is 9.53 Å². The highest BCUT2D eigenvalue weighted by Crippen LogP contribution is 2.27. The summed E-state index contributed by atoms with van der Waals surface area (Å²) in [6, 6.07) is 17.0. The van der Waals surface area contributed by atoms with Gasteiger partial charge in [-0.15, -0.1) is 0 Å². The Bertz CT molecular complexity index is 1510. The lowest BCUT2D eigenvalue weighted by molar-refractivity contribution is 0.102. The Morgan fingerprint density at radius 3 is 2.66 bits per heavy atom. The number of carbonyl (C=O) groups is 1. The van der Waals surface area contributed by atoms with E-state index in [0.29, 0.717) is 16.9 Å². The first-order chi connectivity index (χ1) is 17.0. The van der Waals surface area contributed by atoms with E-state index in [1.165, 1.54) is 0 Å². The van der Waals surface area contributed by atoms with Gasteiger partial charge in [-0.25, -0.2) is 9.67 Å². The SMILES string of the molecule is CCn1ncc(-c2cc(C(=O)Nc3cnn(COc4ccc(Br)cc4)c3)c3ccccc3n2)c1C. The second-order valence-electron chi connectivity index (χ2n) is 7.98. The smallest absolute Gasteiger partial charge is 0.256 e. The van der Waals surface area contributed by atoms with Crippen LogP contribution in [0.1, 0.15) is 23.0 Å². The Morgan fingerprint density at radius 2 is 1.89 bits per heavy atom. The monoisotopic (exact) mass is 530 g/mol. The van der Waals surface area contributed by atoms with Crippen molar-refractivity contribution in [3.8, 4) is 17.0 Å². The number of pyridine rings is 1. The number of amides is 1. The van der Waals surface area contributed by atoms with Crippen LogP contribution < -0.4 is 10.1 Å². The number of halogens is 1. The molecule has 1 N–H and O–H groups in total. The molecule has 176 valence electrons. The van der Waals surface area contributed by atoms with Gasteiger partial charge in [0, 0.05) is 27.7 Å². The number of aromatic nitrogens is 5. The summed E-state index contributed by atoms with van der Waals surface area (Å²) in [7, 11) is 0. The molecule has 0 radical (unpaired) electrons. The molecule has 5 rings (SSSR count). The van der Waals surface area contributed by atoms with Crippen LogP contribution in [0.15, 0.2) is 77.7 Å². The number of hydrogen-bond donors (Lipinski definition) is 1. The van der Waals surface area contributed by atoms with Crippen molar-refractivity contribution in [2.75, 3.05) is 5.32 Å². The fourth-order valence-electron chi connectivity index (χ4n) is 3.89. The van der Waals surface area contributed by atoms with Crippen LogP contribution in [0.2, 0.25) is 0 Å². The summed E-state index contributed by atoms with van der Waals surface area (Å²) in [6.07, 6.45) is 5.13. The first-order valence-corrected chi connectivity index (χ1v) is 12.0. The molecule has 3 aromatic heterocycles. The standard InChI is InChI=1S/C26H23BrN6O2/c1-3-33-17(2)23(14-29-33)25-12-22(21-6-4-5-7-24(21)31-25)26(34)30-19-13-28-32(15-19)16-35-20-10-8-18(27)9-11-20/h4-15H,3,16H2,1-2H3,(H,30,34). The zero-order chi connectivity index (χ0) is 24.4. The predicted molar refractivity (Wildman–Crippen MR) is 138 cm³/mol. The molecule has 2 aromatic carbocycles. The number of ether oxygens (including phenoxy) is 1. The Hall–Kier alpha value is -3.98. The molecule has 5 aromatic rings. The van der Waals surface area contributed by atoms with Crippen LogP contribution in [-0.2, 0) is 13.3 Å². The number of fused-ring (bicyclic) bond motifs is 1. The average Bonchev–Trinajstić information content (AvgIpc) is 3.48. The predicted octanol–water partition coefficient (Wildman–Crippen LogP) is 5.67. The second-order valence-corrected chi connectivity index (χ2v) is 8.90. The van der Waals surface area contributed by atoms with Crippen molar-refractivity contribution in [3.05, 3.63) is 88.9 Å². The highest BCUT2D eigenvalue weighted by atomic mass is 79.9. The van der Waals surface area contributed by atoms with Gasteiger partial charge in [0.05, 0.1) is 41.1 Å². The molecule has 1 amide bonds. The Morgan fingerprint density at radius 1 is 1.09 bits per heavy atom. The van der Waals surface area contributed by atoms with Crippen LogP contribution in [0.4, 0.5) is 5.69 Å². The minimum atomic E-state index is -0.237. The molecule has 35 heavy (non-hydrogen) atoms. The number of para-hydroxylation sites is 1. The maximum Gasteiger partial charge on any atom is 0.256 e. The van der Waals surface area contributed by atoms with Crippen molar-refractivity contribution in [1.82, 2.24) is 24.5 Å². The van der Waals surface area contributed by atoms with Gasteiger partial charge in [0.25, 0.3) is 5.91 Å². The van der Waals surface area contributed by atoms with Crippen LogP contribution in [0.3, 0.4) is 0 Å². The largest absolute Gasteiger partial charge is 0.471 e. The number of anilines is 1. The molecule has 3 heterocycles.